The van der Waals surface area contributed by atoms with Crippen molar-refractivity contribution in [3.63, 3.8) is 0 Å². The van der Waals surface area contributed by atoms with Gasteiger partial charge in [0.15, 0.2) is 0 Å². The summed E-state index contributed by atoms with van der Waals surface area (Å²) in [5.74, 6) is 0.677. The van der Waals surface area contributed by atoms with Gasteiger partial charge in [-0.3, -0.25) is 0 Å². The van der Waals surface area contributed by atoms with E-state index in [2.05, 4.69) is 6.07 Å². The molecule has 0 bridgehead atoms. The van der Waals surface area contributed by atoms with Crippen molar-refractivity contribution in [1.29, 1.82) is 5.26 Å². The molecule has 1 aliphatic heterocycles. The lowest BCUT2D eigenvalue weighted by Gasteiger charge is -2.42. The van der Waals surface area contributed by atoms with Gasteiger partial charge in [0.2, 0.25) is 0 Å². The molecule has 1 aliphatic rings. The minimum atomic E-state index is -1.09. The molecule has 1 aromatic rings. The van der Waals surface area contributed by atoms with E-state index in [4.69, 9.17) is 10.00 Å². The third-order valence-electron chi connectivity index (χ3n) is 2.86. The Bertz CT molecular complexity index is 447. The number of rotatable bonds is 1. The Morgan fingerprint density at radius 2 is 2.12 bits per heavy atom. The van der Waals surface area contributed by atoms with E-state index in [9.17, 15) is 5.11 Å². The van der Waals surface area contributed by atoms with Gasteiger partial charge in [0.25, 0.3) is 0 Å². The van der Waals surface area contributed by atoms with Crippen molar-refractivity contribution in [3.8, 4) is 11.8 Å². The maximum Gasteiger partial charge on any atom is 0.126 e. The largest absolute Gasteiger partial charge is 0.487 e. The fraction of sp³-hybridized carbons (Fsp3) is 0.462. The van der Waals surface area contributed by atoms with E-state index in [1.807, 2.05) is 38.1 Å². The number of ether oxygens (including phenoxy) is 1. The average molecular weight is 217 g/mol. The normalized spacial score (nSPS) is 26.4. The fourth-order valence-corrected chi connectivity index (χ4v) is 2.36. The SMILES string of the molecule is CC1(C)CC(O)(CC#N)c2ccccc2O1. The highest BCUT2D eigenvalue weighted by atomic mass is 16.5. The summed E-state index contributed by atoms with van der Waals surface area (Å²) in [6.07, 6.45) is 0.529. The van der Waals surface area contributed by atoms with E-state index in [1.165, 1.54) is 0 Å². The van der Waals surface area contributed by atoms with Crippen molar-refractivity contribution in [3.05, 3.63) is 29.8 Å². The number of fused-ring (bicyclic) bond motifs is 1. The summed E-state index contributed by atoms with van der Waals surface area (Å²) in [6, 6.07) is 9.42. The van der Waals surface area contributed by atoms with Crippen LogP contribution < -0.4 is 4.74 Å². The summed E-state index contributed by atoms with van der Waals surface area (Å²) < 4.78 is 5.79. The zero-order valence-corrected chi connectivity index (χ0v) is 9.53. The summed E-state index contributed by atoms with van der Waals surface area (Å²) in [7, 11) is 0. The first-order chi connectivity index (χ1) is 7.47. The van der Waals surface area contributed by atoms with Gasteiger partial charge in [-0.2, -0.15) is 5.26 Å². The van der Waals surface area contributed by atoms with Crippen LogP contribution in [0.3, 0.4) is 0 Å². The molecule has 0 saturated heterocycles. The molecule has 0 aromatic heterocycles. The smallest absolute Gasteiger partial charge is 0.126 e. The third-order valence-corrected chi connectivity index (χ3v) is 2.86. The minimum Gasteiger partial charge on any atom is -0.487 e. The van der Waals surface area contributed by atoms with Crippen LogP contribution >= 0.6 is 0 Å². The van der Waals surface area contributed by atoms with Crippen molar-refractivity contribution in [2.45, 2.75) is 37.9 Å². The van der Waals surface area contributed by atoms with Gasteiger partial charge < -0.3 is 9.84 Å². The van der Waals surface area contributed by atoms with Gasteiger partial charge in [-0.15, -0.1) is 0 Å². The zero-order valence-electron chi connectivity index (χ0n) is 9.53. The molecule has 1 heterocycles. The summed E-state index contributed by atoms with van der Waals surface area (Å²) in [4.78, 5) is 0. The van der Waals surface area contributed by atoms with E-state index >= 15 is 0 Å². The molecular weight excluding hydrogens is 202 g/mol. The maximum atomic E-state index is 10.6. The molecule has 16 heavy (non-hydrogen) atoms. The molecule has 1 N–H and O–H groups in total. The summed E-state index contributed by atoms with van der Waals surface area (Å²) in [5, 5.41) is 19.4. The first kappa shape index (κ1) is 11.0. The number of nitriles is 1. The van der Waals surface area contributed by atoms with Crippen LogP contribution in [0.25, 0.3) is 0 Å². The van der Waals surface area contributed by atoms with Crippen molar-refractivity contribution in [1.82, 2.24) is 0 Å². The van der Waals surface area contributed by atoms with Crippen molar-refractivity contribution in [2.75, 3.05) is 0 Å². The monoisotopic (exact) mass is 217 g/mol. The van der Waals surface area contributed by atoms with E-state index < -0.39 is 11.2 Å². The van der Waals surface area contributed by atoms with Crippen molar-refractivity contribution < 1.29 is 9.84 Å². The highest BCUT2D eigenvalue weighted by Crippen LogP contribution is 2.44. The average Bonchev–Trinajstić information content (AvgIpc) is 2.15. The minimum absolute atomic E-state index is 0.0941. The summed E-state index contributed by atoms with van der Waals surface area (Å²) in [6.45, 7) is 3.84. The molecule has 0 amide bonds. The molecule has 2 rings (SSSR count). The second-order valence-electron chi connectivity index (χ2n) is 4.90. The molecule has 84 valence electrons. The Labute approximate surface area is 95.3 Å². The van der Waals surface area contributed by atoms with Gasteiger partial charge in [0, 0.05) is 12.0 Å². The zero-order chi connectivity index (χ0) is 11.8. The van der Waals surface area contributed by atoms with Crippen molar-refractivity contribution in [2.24, 2.45) is 0 Å². The quantitative estimate of drug-likeness (QED) is 0.785. The number of para-hydroxylation sites is 1. The lowest BCUT2D eigenvalue weighted by Crippen LogP contribution is -2.44. The number of hydrogen-bond acceptors (Lipinski definition) is 3. The van der Waals surface area contributed by atoms with Gasteiger partial charge in [-0.05, 0) is 19.9 Å². The predicted molar refractivity (Wildman–Crippen MR) is 59.9 cm³/mol. The highest BCUT2D eigenvalue weighted by molar-refractivity contribution is 5.41. The molecule has 3 nitrogen and oxygen atoms in total. The Kier molecular flexibility index (Phi) is 2.40. The van der Waals surface area contributed by atoms with Crippen molar-refractivity contribution >= 4 is 0 Å². The molecule has 0 radical (unpaired) electrons. The summed E-state index contributed by atoms with van der Waals surface area (Å²) >= 11 is 0. The number of aliphatic hydroxyl groups is 1. The molecule has 0 fully saturated rings. The highest BCUT2D eigenvalue weighted by Gasteiger charge is 2.43. The third kappa shape index (κ3) is 1.77. The fourth-order valence-electron chi connectivity index (χ4n) is 2.36. The van der Waals surface area contributed by atoms with Crippen LogP contribution in [0.2, 0.25) is 0 Å². The predicted octanol–water partition coefficient (Wildman–Crippen LogP) is 2.35. The molecule has 0 aliphatic carbocycles. The van der Waals surface area contributed by atoms with E-state index in [1.54, 1.807) is 0 Å². The molecule has 1 unspecified atom stereocenters. The number of benzene rings is 1. The van der Waals surface area contributed by atoms with Crippen LogP contribution in [-0.4, -0.2) is 10.7 Å². The molecular formula is C13H15NO2. The molecule has 3 heteroatoms. The first-order valence-electron chi connectivity index (χ1n) is 5.35. The van der Waals surface area contributed by atoms with E-state index in [0.29, 0.717) is 12.2 Å². The molecule has 1 aromatic carbocycles. The Morgan fingerprint density at radius 3 is 2.81 bits per heavy atom. The van der Waals surface area contributed by atoms with Gasteiger partial charge in [0.1, 0.15) is 17.0 Å². The van der Waals surface area contributed by atoms with Crippen LogP contribution in [0.5, 0.6) is 5.75 Å². The van der Waals surface area contributed by atoms with Gasteiger partial charge in [0.05, 0.1) is 12.5 Å². The molecule has 0 spiro atoms. The van der Waals surface area contributed by atoms with E-state index in [-0.39, 0.29) is 6.42 Å². The Hall–Kier alpha value is -1.53. The second-order valence-corrected chi connectivity index (χ2v) is 4.90. The standard InChI is InChI=1S/C13H15NO2/c1-12(2)9-13(15,7-8-14)10-5-3-4-6-11(10)16-12/h3-6,15H,7,9H2,1-2H3. The van der Waals surface area contributed by atoms with Crippen LogP contribution in [0.1, 0.15) is 32.3 Å². The van der Waals surface area contributed by atoms with Gasteiger partial charge in [-0.1, -0.05) is 18.2 Å². The molecule has 1 atom stereocenters. The Morgan fingerprint density at radius 1 is 1.44 bits per heavy atom. The second kappa shape index (κ2) is 3.50. The molecule has 0 saturated carbocycles. The van der Waals surface area contributed by atoms with Gasteiger partial charge >= 0.3 is 0 Å². The van der Waals surface area contributed by atoms with Crippen LogP contribution in [0.4, 0.5) is 0 Å². The number of hydrogen-bond donors (Lipinski definition) is 1. The topological polar surface area (TPSA) is 53.2 Å². The van der Waals surface area contributed by atoms with Crippen LogP contribution in [0.15, 0.2) is 24.3 Å². The Balaban J connectivity index is 2.52. The number of nitrogens with zero attached hydrogens (tertiary/aromatic N) is 1. The van der Waals surface area contributed by atoms with E-state index in [0.717, 1.165) is 5.56 Å². The first-order valence-corrected chi connectivity index (χ1v) is 5.35. The summed E-state index contributed by atoms with van der Waals surface area (Å²) in [5.41, 5.74) is -0.816. The van der Waals surface area contributed by atoms with Crippen LogP contribution in [-0.2, 0) is 5.60 Å². The lowest BCUT2D eigenvalue weighted by molar-refractivity contribution is -0.0609. The maximum absolute atomic E-state index is 10.6. The van der Waals surface area contributed by atoms with Gasteiger partial charge in [-0.25, -0.2) is 0 Å². The van der Waals surface area contributed by atoms with Crippen LogP contribution in [0, 0.1) is 11.3 Å². The lowest BCUT2D eigenvalue weighted by atomic mass is 9.79.